The average molecular weight is 302 g/mol. The van der Waals surface area contributed by atoms with Gasteiger partial charge in [0.05, 0.1) is 19.9 Å². The first-order chi connectivity index (χ1) is 7.72. The Kier molecular flexibility index (Phi) is 3.51. The smallest absolute Gasteiger partial charge is 0.171 e. The van der Waals surface area contributed by atoms with Gasteiger partial charge in [0.1, 0.15) is 4.60 Å². The SMILES string of the molecule is COc1cnn(Cc2ccccc2Cl)c1Br. The van der Waals surface area contributed by atoms with Crippen molar-refractivity contribution in [2.75, 3.05) is 7.11 Å². The van der Waals surface area contributed by atoms with Crippen LogP contribution in [0.15, 0.2) is 35.1 Å². The third kappa shape index (κ3) is 2.23. The van der Waals surface area contributed by atoms with Crippen LogP contribution in [0.1, 0.15) is 5.56 Å². The molecule has 0 spiro atoms. The molecule has 84 valence electrons. The molecule has 2 aromatic rings. The van der Waals surface area contributed by atoms with E-state index in [1.165, 1.54) is 0 Å². The van der Waals surface area contributed by atoms with Gasteiger partial charge in [0.2, 0.25) is 0 Å². The maximum atomic E-state index is 6.08. The number of rotatable bonds is 3. The van der Waals surface area contributed by atoms with Crippen molar-refractivity contribution in [2.45, 2.75) is 6.54 Å². The molecule has 0 aliphatic carbocycles. The van der Waals surface area contributed by atoms with Crippen LogP contribution >= 0.6 is 27.5 Å². The maximum Gasteiger partial charge on any atom is 0.171 e. The zero-order valence-corrected chi connectivity index (χ0v) is 11.0. The number of benzene rings is 1. The Morgan fingerprint density at radius 3 is 2.81 bits per heavy atom. The molecule has 0 aliphatic rings. The van der Waals surface area contributed by atoms with Gasteiger partial charge in [0, 0.05) is 5.02 Å². The van der Waals surface area contributed by atoms with E-state index in [0.29, 0.717) is 12.3 Å². The van der Waals surface area contributed by atoms with E-state index in [1.54, 1.807) is 18.0 Å². The summed E-state index contributed by atoms with van der Waals surface area (Å²) in [5.41, 5.74) is 1.02. The molecule has 1 heterocycles. The second kappa shape index (κ2) is 4.89. The molecule has 0 amide bonds. The van der Waals surface area contributed by atoms with Gasteiger partial charge in [-0.3, -0.25) is 4.68 Å². The number of ether oxygens (including phenoxy) is 1. The quantitative estimate of drug-likeness (QED) is 0.869. The summed E-state index contributed by atoms with van der Waals surface area (Å²) in [5, 5.41) is 4.95. The van der Waals surface area contributed by atoms with E-state index >= 15 is 0 Å². The van der Waals surface area contributed by atoms with E-state index < -0.39 is 0 Å². The van der Waals surface area contributed by atoms with Crippen molar-refractivity contribution in [2.24, 2.45) is 0 Å². The Morgan fingerprint density at radius 1 is 1.44 bits per heavy atom. The predicted molar refractivity (Wildman–Crippen MR) is 67.0 cm³/mol. The summed E-state index contributed by atoms with van der Waals surface area (Å²) in [5.74, 6) is 0.715. The minimum absolute atomic E-state index is 0.615. The molecule has 1 aromatic heterocycles. The lowest BCUT2D eigenvalue weighted by Crippen LogP contribution is -2.02. The fourth-order valence-corrected chi connectivity index (χ4v) is 2.07. The second-order valence-corrected chi connectivity index (χ2v) is 4.41. The monoisotopic (exact) mass is 300 g/mol. The van der Waals surface area contributed by atoms with Gasteiger partial charge in [0.25, 0.3) is 0 Å². The second-order valence-electron chi connectivity index (χ2n) is 3.25. The standard InChI is InChI=1S/C11H10BrClN2O/c1-16-10-6-14-15(11(10)12)7-8-4-2-3-5-9(8)13/h2-6H,7H2,1H3. The molecule has 0 saturated carbocycles. The Morgan fingerprint density at radius 2 is 2.19 bits per heavy atom. The third-order valence-corrected chi connectivity index (χ3v) is 3.41. The van der Waals surface area contributed by atoms with Gasteiger partial charge in [-0.05, 0) is 27.6 Å². The van der Waals surface area contributed by atoms with E-state index in [2.05, 4.69) is 21.0 Å². The largest absolute Gasteiger partial charge is 0.492 e. The van der Waals surface area contributed by atoms with Crippen LogP contribution in [0, 0.1) is 0 Å². The molecule has 0 atom stereocenters. The molecular weight excluding hydrogens is 291 g/mol. The molecule has 16 heavy (non-hydrogen) atoms. The molecule has 5 heteroatoms. The third-order valence-electron chi connectivity index (χ3n) is 2.24. The van der Waals surface area contributed by atoms with Crippen LogP contribution in [-0.4, -0.2) is 16.9 Å². The number of nitrogens with zero attached hydrogens (tertiary/aromatic N) is 2. The van der Waals surface area contributed by atoms with Gasteiger partial charge in [-0.1, -0.05) is 29.8 Å². The number of hydrogen-bond donors (Lipinski definition) is 0. The summed E-state index contributed by atoms with van der Waals surface area (Å²) in [7, 11) is 1.61. The number of aromatic nitrogens is 2. The number of hydrogen-bond acceptors (Lipinski definition) is 2. The van der Waals surface area contributed by atoms with Crippen molar-refractivity contribution >= 4 is 27.5 Å². The molecule has 0 radical (unpaired) electrons. The molecule has 0 unspecified atom stereocenters. The molecule has 0 aliphatic heterocycles. The Bertz CT molecular complexity index is 498. The topological polar surface area (TPSA) is 27.1 Å². The highest BCUT2D eigenvalue weighted by Crippen LogP contribution is 2.25. The summed E-state index contributed by atoms with van der Waals surface area (Å²) in [6.45, 7) is 0.615. The summed E-state index contributed by atoms with van der Waals surface area (Å²) in [6.07, 6.45) is 1.67. The molecular formula is C11H10BrClN2O. The van der Waals surface area contributed by atoms with Crippen LogP contribution < -0.4 is 4.74 Å². The van der Waals surface area contributed by atoms with Crippen molar-refractivity contribution in [1.29, 1.82) is 0 Å². The van der Waals surface area contributed by atoms with Crippen molar-refractivity contribution in [3.8, 4) is 5.75 Å². The summed E-state index contributed by atoms with van der Waals surface area (Å²) in [4.78, 5) is 0. The predicted octanol–water partition coefficient (Wildman–Crippen LogP) is 3.36. The Balaban J connectivity index is 2.27. The van der Waals surface area contributed by atoms with Crippen molar-refractivity contribution in [3.05, 3.63) is 45.7 Å². The highest BCUT2D eigenvalue weighted by atomic mass is 79.9. The van der Waals surface area contributed by atoms with Crippen molar-refractivity contribution in [3.63, 3.8) is 0 Å². The Hall–Kier alpha value is -1.000. The van der Waals surface area contributed by atoms with E-state index in [9.17, 15) is 0 Å². The zero-order valence-electron chi connectivity index (χ0n) is 8.65. The van der Waals surface area contributed by atoms with E-state index in [-0.39, 0.29) is 0 Å². The lowest BCUT2D eigenvalue weighted by Gasteiger charge is -2.05. The fraction of sp³-hybridized carbons (Fsp3) is 0.182. The first kappa shape index (κ1) is 11.5. The maximum absolute atomic E-state index is 6.08. The minimum Gasteiger partial charge on any atom is -0.492 e. The van der Waals surface area contributed by atoms with E-state index in [0.717, 1.165) is 15.2 Å². The highest BCUT2D eigenvalue weighted by Gasteiger charge is 2.09. The van der Waals surface area contributed by atoms with Crippen LogP contribution in [0.2, 0.25) is 5.02 Å². The van der Waals surface area contributed by atoms with Crippen molar-refractivity contribution < 1.29 is 4.74 Å². The molecule has 0 fully saturated rings. The lowest BCUT2D eigenvalue weighted by atomic mass is 10.2. The first-order valence-corrected chi connectivity index (χ1v) is 5.88. The van der Waals surface area contributed by atoms with Crippen LogP contribution in [0.5, 0.6) is 5.75 Å². The van der Waals surface area contributed by atoms with Gasteiger partial charge in [-0.2, -0.15) is 5.10 Å². The molecule has 1 aromatic carbocycles. The summed E-state index contributed by atoms with van der Waals surface area (Å²) < 4.78 is 7.74. The van der Waals surface area contributed by atoms with E-state index in [4.69, 9.17) is 16.3 Å². The van der Waals surface area contributed by atoms with Crippen LogP contribution in [0.25, 0.3) is 0 Å². The van der Waals surface area contributed by atoms with Crippen molar-refractivity contribution in [1.82, 2.24) is 9.78 Å². The summed E-state index contributed by atoms with van der Waals surface area (Å²) in [6, 6.07) is 7.70. The van der Waals surface area contributed by atoms with Gasteiger partial charge >= 0.3 is 0 Å². The van der Waals surface area contributed by atoms with Gasteiger partial charge in [-0.15, -0.1) is 0 Å². The highest BCUT2D eigenvalue weighted by molar-refractivity contribution is 9.10. The molecule has 0 bridgehead atoms. The van der Waals surface area contributed by atoms with Crippen LogP contribution in [-0.2, 0) is 6.54 Å². The number of methoxy groups -OCH3 is 1. The summed E-state index contributed by atoms with van der Waals surface area (Å²) >= 11 is 9.51. The average Bonchev–Trinajstić information content (AvgIpc) is 2.63. The van der Waals surface area contributed by atoms with E-state index in [1.807, 2.05) is 24.3 Å². The minimum atomic E-state index is 0.615. The molecule has 2 rings (SSSR count). The van der Waals surface area contributed by atoms with Crippen LogP contribution in [0.4, 0.5) is 0 Å². The lowest BCUT2D eigenvalue weighted by molar-refractivity contribution is 0.411. The molecule has 0 saturated heterocycles. The fourth-order valence-electron chi connectivity index (χ4n) is 1.39. The van der Waals surface area contributed by atoms with Gasteiger partial charge < -0.3 is 4.74 Å². The first-order valence-electron chi connectivity index (χ1n) is 4.71. The number of halogens is 2. The van der Waals surface area contributed by atoms with Gasteiger partial charge in [-0.25, -0.2) is 0 Å². The molecule has 3 nitrogen and oxygen atoms in total. The van der Waals surface area contributed by atoms with Crippen LogP contribution in [0.3, 0.4) is 0 Å². The molecule has 0 N–H and O–H groups in total. The van der Waals surface area contributed by atoms with Gasteiger partial charge in [0.15, 0.2) is 5.75 Å². The normalized spacial score (nSPS) is 10.4. The Labute approximate surface area is 107 Å². The zero-order chi connectivity index (χ0) is 11.5.